The highest BCUT2D eigenvalue weighted by Crippen LogP contribution is 2.33. The Hall–Kier alpha value is -11.5. The number of benzene rings is 3. The van der Waals surface area contributed by atoms with E-state index >= 15 is 0 Å². The summed E-state index contributed by atoms with van der Waals surface area (Å²) >= 11 is 13.2. The number of nitrogens with two attached hydrogens (primary N) is 1. The number of pyridine rings is 7. The minimum atomic E-state index is -1.40. The van der Waals surface area contributed by atoms with Crippen molar-refractivity contribution in [1.82, 2.24) is 94.7 Å². The van der Waals surface area contributed by atoms with Crippen LogP contribution in [0.15, 0.2) is 243 Å². The van der Waals surface area contributed by atoms with Crippen molar-refractivity contribution in [1.29, 1.82) is 0 Å². The number of carbonyl (C=O) groups is 4. The molecule has 10 aromatic heterocycles. The number of nitrogens with one attached hydrogen (secondary N) is 2. The molecule has 0 saturated heterocycles. The molecule has 28 nitrogen and oxygen atoms in total. The van der Waals surface area contributed by atoms with Crippen LogP contribution in [-0.2, 0) is 19.6 Å². The molecular formula is C82H85BBr4N22O6. The number of aromatic nitrogens is 16. The van der Waals surface area contributed by atoms with Crippen LogP contribution in [-0.4, -0.2) is 158 Å². The third-order valence-electron chi connectivity index (χ3n) is 16.5. The van der Waals surface area contributed by atoms with E-state index in [4.69, 9.17) is 20.8 Å². The molecule has 590 valence electrons. The number of anilines is 1. The Morgan fingerprint density at radius 1 is 0.522 bits per heavy atom. The Labute approximate surface area is 700 Å². The zero-order chi connectivity index (χ0) is 82.7. The number of fused-ring (bicyclic) bond motifs is 3. The van der Waals surface area contributed by atoms with Gasteiger partial charge in [0.2, 0.25) is 5.78 Å². The SMILES string of the molecule is CC(C)N.CC(C)n1cnnc1-c1cccc(Br)n1.CC(C)n1cnnc1-c1cccc(Br)n1.CC(C)n1cnnc1-c1cccc(N2Cc3ccc(-c4ccncc4)cc3C2=O)n1.CN(C)C=NCC(=O)c1cccc(Br)n1.O=C1NCc2ccc(-c3ccncc3)cc21.O=C1NCc2ccc(Br)cc21.OB(O)c1cccnc1. The first-order chi connectivity index (χ1) is 55.2. The lowest BCUT2D eigenvalue weighted by Gasteiger charge is -2.16. The summed E-state index contributed by atoms with van der Waals surface area (Å²) in [5.74, 6) is 2.81. The molecule has 3 aliphatic rings. The van der Waals surface area contributed by atoms with Crippen molar-refractivity contribution in [3.8, 4) is 56.8 Å². The van der Waals surface area contributed by atoms with Gasteiger partial charge in [-0.1, -0.05) is 90.4 Å². The molecule has 3 aliphatic heterocycles. The van der Waals surface area contributed by atoms with Gasteiger partial charge in [-0.05, 0) is 237 Å². The Morgan fingerprint density at radius 3 is 1.41 bits per heavy atom. The number of ketones is 1. The van der Waals surface area contributed by atoms with E-state index < -0.39 is 7.12 Å². The standard InChI is InChI=1S/C23H20N6O.C13H10N2O.2C10H11BrN4.C10H12BrN3O.C8H6BrNO.C5H6BNO2.C3H9N/c1-15(2)29-14-25-27-22(29)20-4-3-5-21(26-20)28-13-18-7-6-17(12-19(18)23(28)30)16-8-10-24-11-9-16;16-13-12-7-10(1-2-11(12)8-15-13)9-3-5-14-6-4-9;2*1-7(2)15-6-12-14-10(15)8-4-3-5-9(11)13-8;1-14(2)7-12-6-9(15)8-4-3-5-10(11)13-8;9-6-2-1-5-4-10-8(11)7(5)3-6;8-6(9)5-2-1-3-7-4-5;1-3(2)4/h3-12,14-15H,13H2,1-2H3;1-7H,8H2,(H,15,16);2*3-7H,1-2H3;3-5,7H,6H2,1-2H3;1-3H,4H2,(H,10,11);1-4,8-9H;3H,4H2,1-2H3. The minimum Gasteiger partial charge on any atom is -0.423 e. The van der Waals surface area contributed by atoms with Gasteiger partial charge in [-0.2, -0.15) is 0 Å². The minimum absolute atomic E-state index is 0.0194. The molecule has 3 amide bonds. The highest BCUT2D eigenvalue weighted by atomic mass is 79.9. The van der Waals surface area contributed by atoms with Crippen molar-refractivity contribution in [2.75, 3.05) is 25.5 Å². The first-order valence-corrected chi connectivity index (χ1v) is 39.4. The maximum absolute atomic E-state index is 13.2. The van der Waals surface area contributed by atoms with Gasteiger partial charge >= 0.3 is 7.12 Å². The number of halogens is 4. The zero-order valence-corrected chi connectivity index (χ0v) is 71.0. The third-order valence-corrected chi connectivity index (χ3v) is 18.4. The summed E-state index contributed by atoms with van der Waals surface area (Å²) in [7, 11) is 2.30. The summed E-state index contributed by atoms with van der Waals surface area (Å²) in [5, 5.41) is 46.9. The Balaban J connectivity index is 0.000000157. The number of amides is 3. The second-order valence-electron chi connectivity index (χ2n) is 26.9. The first-order valence-electron chi connectivity index (χ1n) is 36.2. The van der Waals surface area contributed by atoms with Crippen LogP contribution in [0.1, 0.15) is 132 Å². The van der Waals surface area contributed by atoms with E-state index in [0.717, 1.165) is 86.8 Å². The molecule has 16 rings (SSSR count). The van der Waals surface area contributed by atoms with Crippen LogP contribution in [0.3, 0.4) is 0 Å². The summed E-state index contributed by atoms with van der Waals surface area (Å²) in [6.07, 6.45) is 16.7. The van der Waals surface area contributed by atoms with Crippen molar-refractivity contribution in [3.63, 3.8) is 0 Å². The normalized spacial score (nSPS) is 11.9. The van der Waals surface area contributed by atoms with Crippen LogP contribution in [0, 0.1) is 0 Å². The second-order valence-corrected chi connectivity index (χ2v) is 30.3. The van der Waals surface area contributed by atoms with Crippen molar-refractivity contribution in [2.45, 2.75) is 99.2 Å². The molecule has 0 unspecified atom stereocenters. The number of aliphatic imine (C=N–C) groups is 1. The Kier molecular flexibility index (Phi) is 32.8. The monoisotopic (exact) mass is 1800 g/mol. The molecule has 0 atom stereocenters. The van der Waals surface area contributed by atoms with E-state index in [0.29, 0.717) is 76.4 Å². The van der Waals surface area contributed by atoms with Gasteiger partial charge in [0.25, 0.3) is 17.7 Å². The number of nitrogens with zero attached hydrogens (tertiary/aromatic N) is 19. The number of hydrogen-bond donors (Lipinski definition) is 5. The van der Waals surface area contributed by atoms with Crippen molar-refractivity contribution >= 4 is 112 Å². The predicted molar refractivity (Wildman–Crippen MR) is 459 cm³/mol. The van der Waals surface area contributed by atoms with Gasteiger partial charge in [0.1, 0.15) is 67.9 Å². The highest BCUT2D eigenvalue weighted by molar-refractivity contribution is 9.11. The molecule has 115 heavy (non-hydrogen) atoms. The van der Waals surface area contributed by atoms with Crippen LogP contribution < -0.4 is 26.7 Å². The average molecular weight is 1810 g/mol. The smallest absolute Gasteiger partial charge is 0.423 e. The maximum Gasteiger partial charge on any atom is 0.490 e. The van der Waals surface area contributed by atoms with E-state index in [1.807, 2.05) is 175 Å². The fourth-order valence-electron chi connectivity index (χ4n) is 11.0. The van der Waals surface area contributed by atoms with E-state index in [-0.39, 0.29) is 36.1 Å². The summed E-state index contributed by atoms with van der Waals surface area (Å²) in [5.41, 5.74) is 17.9. The lowest BCUT2D eigenvalue weighted by molar-refractivity contribution is 0.0957. The fraction of sp³-hybridized carbons (Fsp3) is 0.220. The molecule has 3 aromatic carbocycles. The van der Waals surface area contributed by atoms with Crippen molar-refractivity contribution < 1.29 is 29.2 Å². The van der Waals surface area contributed by atoms with E-state index in [2.05, 4.69) is 181 Å². The lowest BCUT2D eigenvalue weighted by Crippen LogP contribution is -2.29. The molecule has 13 heterocycles. The summed E-state index contributed by atoms with van der Waals surface area (Å²) < 4.78 is 9.17. The van der Waals surface area contributed by atoms with Crippen LogP contribution in [0.4, 0.5) is 5.82 Å². The van der Waals surface area contributed by atoms with Gasteiger partial charge in [0.15, 0.2) is 17.5 Å². The Bertz CT molecular complexity index is 5310. The molecule has 0 aliphatic carbocycles. The number of hydrogen-bond acceptors (Lipinski definition) is 21. The topological polar surface area (TPSA) is 360 Å². The third kappa shape index (κ3) is 25.5. The van der Waals surface area contributed by atoms with Crippen molar-refractivity contribution in [3.05, 3.63) is 277 Å². The van der Waals surface area contributed by atoms with Gasteiger partial charge in [-0.3, -0.25) is 44.0 Å². The van der Waals surface area contributed by atoms with E-state index in [9.17, 15) is 19.2 Å². The summed E-state index contributed by atoms with van der Waals surface area (Å²) in [6, 6.07) is 52.3. The average Bonchev–Trinajstić information content (AvgIpc) is 1.63. The molecule has 13 aromatic rings. The maximum atomic E-state index is 13.2. The second kappa shape index (κ2) is 43.1. The molecule has 0 saturated carbocycles. The van der Waals surface area contributed by atoms with Gasteiger partial charge in [-0.15, -0.1) is 30.6 Å². The van der Waals surface area contributed by atoms with Crippen LogP contribution in [0.25, 0.3) is 56.8 Å². The molecule has 6 N–H and O–H groups in total. The molecule has 0 radical (unpaired) electrons. The quantitative estimate of drug-likeness (QED) is 0.0222. The number of carbonyl (C=O) groups excluding carboxylic acids is 4. The van der Waals surface area contributed by atoms with Gasteiger partial charge in [0, 0.05) is 109 Å². The van der Waals surface area contributed by atoms with Crippen molar-refractivity contribution in [2.24, 2.45) is 10.7 Å². The first kappa shape index (κ1) is 87.5. The predicted octanol–water partition coefficient (Wildman–Crippen LogP) is 13.9. The largest absolute Gasteiger partial charge is 0.490 e. The van der Waals surface area contributed by atoms with Crippen LogP contribution in [0.5, 0.6) is 0 Å². The number of Topliss-reactive ketones (excluding diaryl/α,β-unsaturated/α-hetero) is 1. The summed E-state index contributed by atoms with van der Waals surface area (Å²) in [6.45, 7) is 18.3. The van der Waals surface area contributed by atoms with E-state index in [1.165, 1.54) is 6.20 Å². The fourth-order valence-corrected chi connectivity index (χ4v) is 12.4. The number of rotatable bonds is 14. The Morgan fingerprint density at radius 2 is 0.965 bits per heavy atom. The van der Waals surface area contributed by atoms with Crippen LogP contribution >= 0.6 is 63.7 Å². The zero-order valence-electron chi connectivity index (χ0n) is 64.7. The van der Waals surface area contributed by atoms with Gasteiger partial charge < -0.3 is 45.0 Å². The molecule has 0 fully saturated rings. The lowest BCUT2D eigenvalue weighted by atomic mass is 9.82. The van der Waals surface area contributed by atoms with Crippen LogP contribution in [0.2, 0.25) is 0 Å². The van der Waals surface area contributed by atoms with E-state index in [1.54, 1.807) is 96.4 Å². The molecular weight excluding hydrogens is 1720 g/mol. The van der Waals surface area contributed by atoms with Gasteiger partial charge in [-0.25, -0.2) is 19.9 Å². The molecule has 0 bridgehead atoms. The highest BCUT2D eigenvalue weighted by Gasteiger charge is 2.31. The molecule has 0 spiro atoms. The molecule has 33 heteroatoms. The summed E-state index contributed by atoms with van der Waals surface area (Å²) in [4.78, 5) is 84.0. The van der Waals surface area contributed by atoms with Gasteiger partial charge in [0.05, 0.1) is 12.9 Å².